The van der Waals surface area contributed by atoms with E-state index in [1.807, 2.05) is 12.1 Å². The van der Waals surface area contributed by atoms with Gasteiger partial charge >= 0.3 is 0 Å². The molecule has 7 heteroatoms. The zero-order chi connectivity index (χ0) is 16.1. The zero-order valence-electron chi connectivity index (χ0n) is 12.2. The lowest BCUT2D eigenvalue weighted by Crippen LogP contribution is -2.12. The fourth-order valence-corrected chi connectivity index (χ4v) is 4.00. The highest BCUT2D eigenvalue weighted by Crippen LogP contribution is 2.28. The molecule has 0 bridgehead atoms. The van der Waals surface area contributed by atoms with Crippen molar-refractivity contribution >= 4 is 45.0 Å². The van der Waals surface area contributed by atoms with E-state index in [4.69, 9.17) is 0 Å². The minimum Gasteiger partial charge on any atom is -0.324 e. The molecule has 4 nitrogen and oxygen atoms in total. The Balaban J connectivity index is 1.44. The Labute approximate surface area is 141 Å². The van der Waals surface area contributed by atoms with Gasteiger partial charge in [0.25, 0.3) is 0 Å². The highest BCUT2D eigenvalue weighted by atomic mass is 32.2. The van der Waals surface area contributed by atoms with Crippen molar-refractivity contribution in [3.63, 3.8) is 0 Å². The summed E-state index contributed by atoms with van der Waals surface area (Å²) >= 11 is 3.21. The number of anilines is 1. The Hall–Kier alpha value is -1.99. The van der Waals surface area contributed by atoms with Crippen LogP contribution in [0.2, 0.25) is 0 Å². The van der Waals surface area contributed by atoms with Crippen molar-refractivity contribution in [2.45, 2.75) is 17.2 Å². The highest BCUT2D eigenvalue weighted by Gasteiger charge is 2.08. The summed E-state index contributed by atoms with van der Waals surface area (Å²) in [6, 6.07) is 10.0. The van der Waals surface area contributed by atoms with Crippen molar-refractivity contribution in [1.29, 1.82) is 0 Å². The summed E-state index contributed by atoms with van der Waals surface area (Å²) in [4.78, 5) is 20.4. The van der Waals surface area contributed by atoms with Crippen LogP contribution in [0.4, 0.5) is 10.1 Å². The van der Waals surface area contributed by atoms with E-state index in [0.29, 0.717) is 12.8 Å². The minimum atomic E-state index is -0.419. The van der Waals surface area contributed by atoms with Crippen molar-refractivity contribution in [2.24, 2.45) is 0 Å². The third-order valence-corrected chi connectivity index (χ3v) is 5.31. The number of carbonyl (C=O) groups is 1. The fraction of sp³-hybridized carbons (Fsp3) is 0.188. The molecule has 118 valence electrons. The molecule has 0 fully saturated rings. The van der Waals surface area contributed by atoms with Crippen LogP contribution < -0.4 is 5.32 Å². The predicted octanol–water partition coefficient (Wildman–Crippen LogP) is 4.34. The smallest absolute Gasteiger partial charge is 0.224 e. The lowest BCUT2D eigenvalue weighted by atomic mass is 10.2. The fourth-order valence-electron chi connectivity index (χ4n) is 1.98. The van der Waals surface area contributed by atoms with E-state index in [1.54, 1.807) is 47.5 Å². The van der Waals surface area contributed by atoms with Crippen LogP contribution in [0.3, 0.4) is 0 Å². The molecule has 3 aromatic rings. The van der Waals surface area contributed by atoms with E-state index in [0.717, 1.165) is 20.4 Å². The normalized spacial score (nSPS) is 10.8. The lowest BCUT2D eigenvalue weighted by molar-refractivity contribution is -0.116. The molecule has 1 N–H and O–H groups in total. The first-order valence-electron chi connectivity index (χ1n) is 7.11. The molecule has 2 aromatic heterocycles. The Bertz CT molecular complexity index is 789. The number of hydrogen-bond donors (Lipinski definition) is 1. The SMILES string of the molecule is O=C(CCCSc1nc2ncccc2s1)Nc1ccccc1F. The second kappa shape index (κ2) is 7.52. The summed E-state index contributed by atoms with van der Waals surface area (Å²) in [6.07, 6.45) is 2.78. The molecular weight excluding hydrogens is 333 g/mol. The van der Waals surface area contributed by atoms with Gasteiger partial charge in [-0.15, -0.1) is 11.3 Å². The van der Waals surface area contributed by atoms with Gasteiger partial charge in [0.05, 0.1) is 10.4 Å². The summed E-state index contributed by atoms with van der Waals surface area (Å²) in [5, 5.41) is 2.58. The molecule has 0 atom stereocenters. The van der Waals surface area contributed by atoms with Crippen LogP contribution in [0.1, 0.15) is 12.8 Å². The van der Waals surface area contributed by atoms with Crippen LogP contribution in [-0.2, 0) is 4.79 Å². The maximum atomic E-state index is 13.4. The first-order valence-corrected chi connectivity index (χ1v) is 8.91. The molecule has 0 unspecified atom stereocenters. The van der Waals surface area contributed by atoms with Crippen LogP contribution in [-0.4, -0.2) is 21.6 Å². The van der Waals surface area contributed by atoms with Crippen LogP contribution >= 0.6 is 23.1 Å². The second-order valence-corrected chi connectivity index (χ2v) is 7.16. The summed E-state index contributed by atoms with van der Waals surface area (Å²) in [7, 11) is 0. The van der Waals surface area contributed by atoms with Gasteiger partial charge in [0.2, 0.25) is 5.91 Å². The van der Waals surface area contributed by atoms with Crippen molar-refractivity contribution < 1.29 is 9.18 Å². The number of thiazole rings is 1. The van der Waals surface area contributed by atoms with E-state index in [1.165, 1.54) is 6.07 Å². The van der Waals surface area contributed by atoms with Gasteiger partial charge in [-0.2, -0.15) is 0 Å². The molecule has 1 aromatic carbocycles. The van der Waals surface area contributed by atoms with Crippen LogP contribution in [0.15, 0.2) is 46.9 Å². The lowest BCUT2D eigenvalue weighted by Gasteiger charge is -2.05. The average molecular weight is 347 g/mol. The van der Waals surface area contributed by atoms with Crippen molar-refractivity contribution in [3.8, 4) is 0 Å². The van der Waals surface area contributed by atoms with E-state index in [9.17, 15) is 9.18 Å². The van der Waals surface area contributed by atoms with Crippen molar-refractivity contribution in [3.05, 3.63) is 48.4 Å². The summed E-state index contributed by atoms with van der Waals surface area (Å²) in [6.45, 7) is 0. The van der Waals surface area contributed by atoms with Gasteiger partial charge < -0.3 is 5.32 Å². The number of fused-ring (bicyclic) bond motifs is 1. The predicted molar refractivity (Wildman–Crippen MR) is 92.4 cm³/mol. The second-order valence-electron chi connectivity index (χ2n) is 4.78. The van der Waals surface area contributed by atoms with E-state index < -0.39 is 5.82 Å². The van der Waals surface area contributed by atoms with Crippen molar-refractivity contribution in [2.75, 3.05) is 11.1 Å². The van der Waals surface area contributed by atoms with Gasteiger partial charge in [-0.05, 0) is 30.7 Å². The third-order valence-electron chi connectivity index (χ3n) is 3.07. The first-order chi connectivity index (χ1) is 11.2. The number of hydrogen-bond acceptors (Lipinski definition) is 5. The van der Waals surface area contributed by atoms with Crippen molar-refractivity contribution in [1.82, 2.24) is 9.97 Å². The Morgan fingerprint density at radius 2 is 2.13 bits per heavy atom. The van der Waals surface area contributed by atoms with Crippen LogP contribution in [0.5, 0.6) is 0 Å². The average Bonchev–Trinajstić information content (AvgIpc) is 2.96. The number of amides is 1. The Morgan fingerprint density at radius 1 is 1.26 bits per heavy atom. The molecule has 0 spiro atoms. The van der Waals surface area contributed by atoms with Gasteiger partial charge in [-0.3, -0.25) is 4.79 Å². The molecule has 0 saturated carbocycles. The van der Waals surface area contributed by atoms with E-state index >= 15 is 0 Å². The number of pyridine rings is 1. The summed E-state index contributed by atoms with van der Waals surface area (Å²) in [5.41, 5.74) is 0.986. The van der Waals surface area contributed by atoms with Gasteiger partial charge in [-0.1, -0.05) is 23.9 Å². The summed E-state index contributed by atoms with van der Waals surface area (Å²) < 4.78 is 15.4. The Kier molecular flexibility index (Phi) is 5.19. The quantitative estimate of drug-likeness (QED) is 0.532. The molecular formula is C16H14FN3OS2. The maximum absolute atomic E-state index is 13.4. The number of rotatable bonds is 6. The minimum absolute atomic E-state index is 0.179. The number of para-hydroxylation sites is 1. The number of aromatic nitrogens is 2. The van der Waals surface area contributed by atoms with Gasteiger partial charge in [0, 0.05) is 18.4 Å². The molecule has 1 amide bonds. The first kappa shape index (κ1) is 15.9. The van der Waals surface area contributed by atoms with Crippen LogP contribution in [0, 0.1) is 5.82 Å². The molecule has 0 aliphatic rings. The number of benzene rings is 1. The molecule has 3 rings (SSSR count). The summed E-state index contributed by atoms with van der Waals surface area (Å²) in [5.74, 6) is 0.184. The monoisotopic (exact) mass is 347 g/mol. The molecule has 0 saturated heterocycles. The van der Waals surface area contributed by atoms with Gasteiger partial charge in [0.1, 0.15) is 5.82 Å². The molecule has 0 aliphatic heterocycles. The van der Waals surface area contributed by atoms with E-state index in [2.05, 4.69) is 15.3 Å². The topological polar surface area (TPSA) is 54.9 Å². The van der Waals surface area contributed by atoms with Crippen LogP contribution in [0.25, 0.3) is 10.3 Å². The Morgan fingerprint density at radius 3 is 2.96 bits per heavy atom. The standard InChI is InChI=1S/C16H14FN3OS2/c17-11-5-1-2-6-12(11)19-14(21)8-4-10-22-16-20-15-13(23-16)7-3-9-18-15/h1-3,5-7,9H,4,8,10H2,(H,19,21). The number of halogens is 1. The molecule has 0 radical (unpaired) electrons. The van der Waals surface area contributed by atoms with E-state index in [-0.39, 0.29) is 11.6 Å². The van der Waals surface area contributed by atoms with Gasteiger partial charge in [0.15, 0.2) is 9.99 Å². The molecule has 2 heterocycles. The van der Waals surface area contributed by atoms with Gasteiger partial charge in [-0.25, -0.2) is 14.4 Å². The molecule has 0 aliphatic carbocycles. The zero-order valence-corrected chi connectivity index (χ0v) is 13.8. The number of nitrogens with one attached hydrogen (secondary N) is 1. The number of nitrogens with zero attached hydrogens (tertiary/aromatic N) is 2. The third kappa shape index (κ3) is 4.27. The number of carbonyl (C=O) groups excluding carboxylic acids is 1. The highest BCUT2D eigenvalue weighted by molar-refractivity contribution is 8.01. The number of thioether (sulfide) groups is 1. The molecule has 23 heavy (non-hydrogen) atoms. The maximum Gasteiger partial charge on any atom is 0.224 e. The largest absolute Gasteiger partial charge is 0.324 e.